The van der Waals surface area contributed by atoms with Crippen molar-refractivity contribution in [3.8, 4) is 0 Å². The van der Waals surface area contributed by atoms with E-state index in [0.29, 0.717) is 6.61 Å². The van der Waals surface area contributed by atoms with Crippen molar-refractivity contribution in [2.75, 3.05) is 26.8 Å². The van der Waals surface area contributed by atoms with Crippen molar-refractivity contribution in [2.45, 2.75) is 20.0 Å². The van der Waals surface area contributed by atoms with Crippen molar-refractivity contribution in [3.63, 3.8) is 0 Å². The van der Waals surface area contributed by atoms with Crippen LogP contribution < -0.4 is 10.6 Å². The quantitative estimate of drug-likeness (QED) is 0.441. The molecule has 6 heteroatoms. The molecule has 0 atom stereocenters. The number of aromatic nitrogens is 2. The van der Waals surface area contributed by atoms with Gasteiger partial charge in [-0.05, 0) is 18.1 Å². The SMILES string of the molecule is CCOCCNC(=NC)NCc1ccc(Cn2ccnc2)cc1. The van der Waals surface area contributed by atoms with E-state index in [1.165, 1.54) is 11.1 Å². The minimum atomic E-state index is 0.681. The Kier molecular flexibility index (Phi) is 7.13. The van der Waals surface area contributed by atoms with Crippen LogP contribution in [0, 0.1) is 0 Å². The van der Waals surface area contributed by atoms with Crippen LogP contribution in [0.4, 0.5) is 0 Å². The molecular formula is C17H25N5O. The molecule has 0 aliphatic carbocycles. The summed E-state index contributed by atoms with van der Waals surface area (Å²) in [6.45, 7) is 5.73. The highest BCUT2D eigenvalue weighted by Gasteiger charge is 1.99. The molecular weight excluding hydrogens is 290 g/mol. The van der Waals surface area contributed by atoms with Gasteiger partial charge >= 0.3 is 0 Å². The summed E-state index contributed by atoms with van der Waals surface area (Å²) in [4.78, 5) is 8.25. The first-order valence-electron chi connectivity index (χ1n) is 7.87. The molecule has 0 bridgehead atoms. The standard InChI is InChI=1S/C17H25N5O/c1-3-23-11-9-20-17(18-2)21-12-15-4-6-16(7-5-15)13-22-10-8-19-14-22/h4-8,10,14H,3,9,11-13H2,1-2H3,(H2,18,20,21). The minimum absolute atomic E-state index is 0.681. The van der Waals surface area contributed by atoms with Crippen molar-refractivity contribution in [1.82, 2.24) is 20.2 Å². The highest BCUT2D eigenvalue weighted by molar-refractivity contribution is 5.79. The summed E-state index contributed by atoms with van der Waals surface area (Å²) in [5, 5.41) is 6.51. The van der Waals surface area contributed by atoms with E-state index < -0.39 is 0 Å². The van der Waals surface area contributed by atoms with Crippen molar-refractivity contribution in [2.24, 2.45) is 4.99 Å². The molecule has 23 heavy (non-hydrogen) atoms. The van der Waals surface area contributed by atoms with Gasteiger partial charge in [0.2, 0.25) is 0 Å². The Balaban J connectivity index is 1.76. The monoisotopic (exact) mass is 315 g/mol. The van der Waals surface area contributed by atoms with E-state index in [1.807, 2.05) is 19.4 Å². The van der Waals surface area contributed by atoms with Gasteiger partial charge in [-0.15, -0.1) is 0 Å². The maximum atomic E-state index is 5.30. The van der Waals surface area contributed by atoms with E-state index in [9.17, 15) is 0 Å². The molecule has 1 aromatic heterocycles. The topological polar surface area (TPSA) is 63.5 Å². The van der Waals surface area contributed by atoms with E-state index >= 15 is 0 Å². The number of imidazole rings is 1. The first kappa shape index (κ1) is 17.0. The fraction of sp³-hybridized carbons (Fsp3) is 0.412. The number of rotatable bonds is 8. The van der Waals surface area contributed by atoms with Gasteiger partial charge in [0.15, 0.2) is 5.96 Å². The average molecular weight is 315 g/mol. The molecule has 0 radical (unpaired) electrons. The zero-order valence-corrected chi connectivity index (χ0v) is 13.8. The molecule has 6 nitrogen and oxygen atoms in total. The second-order valence-electron chi connectivity index (χ2n) is 5.10. The Hall–Kier alpha value is -2.34. The molecule has 0 fully saturated rings. The number of guanidine groups is 1. The fourth-order valence-electron chi connectivity index (χ4n) is 2.15. The highest BCUT2D eigenvalue weighted by Crippen LogP contribution is 2.06. The third-order valence-electron chi connectivity index (χ3n) is 3.37. The van der Waals surface area contributed by atoms with Gasteiger partial charge in [0, 0.05) is 45.7 Å². The third-order valence-corrected chi connectivity index (χ3v) is 3.37. The lowest BCUT2D eigenvalue weighted by Crippen LogP contribution is -2.38. The molecule has 2 aromatic rings. The molecule has 0 aliphatic heterocycles. The van der Waals surface area contributed by atoms with Crippen molar-refractivity contribution >= 4 is 5.96 Å². The molecule has 0 saturated heterocycles. The molecule has 0 amide bonds. The van der Waals surface area contributed by atoms with Crippen LogP contribution in [0.5, 0.6) is 0 Å². The summed E-state index contributed by atoms with van der Waals surface area (Å²) in [5.74, 6) is 0.784. The van der Waals surface area contributed by atoms with Crippen molar-refractivity contribution in [3.05, 3.63) is 54.1 Å². The normalized spacial score (nSPS) is 11.5. The van der Waals surface area contributed by atoms with Gasteiger partial charge in [-0.25, -0.2) is 4.98 Å². The Morgan fingerprint density at radius 1 is 1.22 bits per heavy atom. The molecule has 0 aliphatic rings. The van der Waals surface area contributed by atoms with Gasteiger partial charge in [0.05, 0.1) is 12.9 Å². The number of nitrogens with zero attached hydrogens (tertiary/aromatic N) is 3. The maximum absolute atomic E-state index is 5.30. The highest BCUT2D eigenvalue weighted by atomic mass is 16.5. The van der Waals surface area contributed by atoms with Gasteiger partial charge in [-0.3, -0.25) is 4.99 Å². The van der Waals surface area contributed by atoms with E-state index in [2.05, 4.69) is 49.4 Å². The van der Waals surface area contributed by atoms with Gasteiger partial charge in [-0.2, -0.15) is 0 Å². The maximum Gasteiger partial charge on any atom is 0.191 e. The number of benzene rings is 1. The van der Waals surface area contributed by atoms with Crippen LogP contribution in [0.15, 0.2) is 48.0 Å². The molecule has 1 heterocycles. The van der Waals surface area contributed by atoms with E-state index in [4.69, 9.17) is 4.74 Å². The molecule has 2 rings (SSSR count). The van der Waals surface area contributed by atoms with Gasteiger partial charge in [-0.1, -0.05) is 24.3 Å². The smallest absolute Gasteiger partial charge is 0.191 e. The van der Waals surface area contributed by atoms with Crippen LogP contribution in [0.1, 0.15) is 18.1 Å². The summed E-state index contributed by atoms with van der Waals surface area (Å²) in [7, 11) is 1.77. The predicted octanol–water partition coefficient (Wildman–Crippen LogP) is 1.63. The minimum Gasteiger partial charge on any atom is -0.380 e. The fourth-order valence-corrected chi connectivity index (χ4v) is 2.15. The number of hydrogen-bond acceptors (Lipinski definition) is 3. The van der Waals surface area contributed by atoms with Crippen LogP contribution in [0.2, 0.25) is 0 Å². The van der Waals surface area contributed by atoms with E-state index in [1.54, 1.807) is 13.2 Å². The second kappa shape index (κ2) is 9.63. The van der Waals surface area contributed by atoms with Crippen LogP contribution in [-0.4, -0.2) is 42.3 Å². The molecule has 1 aromatic carbocycles. The van der Waals surface area contributed by atoms with Crippen LogP contribution in [-0.2, 0) is 17.8 Å². The number of aliphatic imine (C=N–C) groups is 1. The molecule has 2 N–H and O–H groups in total. The van der Waals surface area contributed by atoms with Gasteiger partial charge in [0.25, 0.3) is 0 Å². The Morgan fingerprint density at radius 3 is 2.65 bits per heavy atom. The number of hydrogen-bond donors (Lipinski definition) is 2. The van der Waals surface area contributed by atoms with Crippen molar-refractivity contribution < 1.29 is 4.74 Å². The zero-order valence-electron chi connectivity index (χ0n) is 13.8. The zero-order chi connectivity index (χ0) is 16.3. The number of nitrogens with one attached hydrogen (secondary N) is 2. The van der Waals surface area contributed by atoms with E-state index in [0.717, 1.165) is 32.2 Å². The van der Waals surface area contributed by atoms with Gasteiger partial charge < -0.3 is 19.9 Å². The lowest BCUT2D eigenvalue weighted by atomic mass is 10.1. The average Bonchev–Trinajstić information content (AvgIpc) is 3.08. The van der Waals surface area contributed by atoms with Crippen LogP contribution >= 0.6 is 0 Å². The molecule has 0 unspecified atom stereocenters. The predicted molar refractivity (Wildman–Crippen MR) is 92.5 cm³/mol. The van der Waals surface area contributed by atoms with Crippen molar-refractivity contribution in [1.29, 1.82) is 0 Å². The summed E-state index contributed by atoms with van der Waals surface area (Å²) < 4.78 is 7.35. The first-order chi connectivity index (χ1) is 11.3. The summed E-state index contributed by atoms with van der Waals surface area (Å²) >= 11 is 0. The summed E-state index contributed by atoms with van der Waals surface area (Å²) in [6.07, 6.45) is 5.59. The molecule has 0 spiro atoms. The van der Waals surface area contributed by atoms with E-state index in [-0.39, 0.29) is 0 Å². The third kappa shape index (κ3) is 6.12. The van der Waals surface area contributed by atoms with Gasteiger partial charge in [0.1, 0.15) is 0 Å². The molecule has 124 valence electrons. The lowest BCUT2D eigenvalue weighted by Gasteiger charge is -2.12. The molecule has 0 saturated carbocycles. The Morgan fingerprint density at radius 2 is 2.00 bits per heavy atom. The Bertz CT molecular complexity index is 578. The second-order valence-corrected chi connectivity index (χ2v) is 5.10. The summed E-state index contributed by atoms with van der Waals surface area (Å²) in [6, 6.07) is 8.55. The largest absolute Gasteiger partial charge is 0.380 e. The number of ether oxygens (including phenoxy) is 1. The Labute approximate surface area is 137 Å². The lowest BCUT2D eigenvalue weighted by molar-refractivity contribution is 0.152. The first-order valence-corrected chi connectivity index (χ1v) is 7.87. The van der Waals surface area contributed by atoms with Crippen LogP contribution in [0.3, 0.4) is 0 Å². The van der Waals surface area contributed by atoms with Crippen LogP contribution in [0.25, 0.3) is 0 Å². The summed E-state index contributed by atoms with van der Waals surface area (Å²) in [5.41, 5.74) is 2.47.